The molecule has 1 aromatic rings. The maximum atomic E-state index is 10.9. The van der Waals surface area contributed by atoms with Crippen molar-refractivity contribution >= 4 is 5.97 Å². The first-order valence-electron chi connectivity index (χ1n) is 4.65. The number of carboxylic acids is 1. The Balaban J connectivity index is 3.08. The van der Waals surface area contributed by atoms with Gasteiger partial charge in [0.25, 0.3) is 0 Å². The molecule has 0 amide bonds. The zero-order valence-corrected chi connectivity index (χ0v) is 8.73. The van der Waals surface area contributed by atoms with Gasteiger partial charge in [0, 0.05) is 0 Å². The van der Waals surface area contributed by atoms with Crippen LogP contribution in [0.1, 0.15) is 18.9 Å². The molecule has 0 fully saturated rings. The van der Waals surface area contributed by atoms with Crippen LogP contribution in [0.15, 0.2) is 24.3 Å². The molecule has 0 aliphatic carbocycles. The highest BCUT2D eigenvalue weighted by atomic mass is 16.5. The number of carbonyl (C=O) groups is 1. The summed E-state index contributed by atoms with van der Waals surface area (Å²) in [6.07, 6.45) is 0.120. The summed E-state index contributed by atoms with van der Waals surface area (Å²) in [5.41, 5.74) is -1.45. The molecule has 1 aromatic carbocycles. The van der Waals surface area contributed by atoms with Crippen LogP contribution in [-0.4, -0.2) is 23.3 Å². The summed E-state index contributed by atoms with van der Waals surface area (Å²) in [6.45, 7) is 1.62. The molecule has 4 heteroatoms. The van der Waals surface area contributed by atoms with E-state index < -0.39 is 11.6 Å². The van der Waals surface area contributed by atoms with E-state index in [4.69, 9.17) is 9.84 Å². The Morgan fingerprint density at radius 2 is 1.93 bits per heavy atom. The number of methoxy groups -OCH3 is 1. The van der Waals surface area contributed by atoms with E-state index in [-0.39, 0.29) is 6.42 Å². The molecule has 0 radical (unpaired) electrons. The molecule has 0 aromatic heterocycles. The number of aliphatic hydroxyl groups is 1. The van der Waals surface area contributed by atoms with Crippen LogP contribution in [0, 0.1) is 0 Å². The Bertz CT molecular complexity index is 344. The molecule has 0 aliphatic heterocycles. The minimum absolute atomic E-state index is 0.120. The second-order valence-corrected chi connectivity index (χ2v) is 3.25. The topological polar surface area (TPSA) is 66.8 Å². The third kappa shape index (κ3) is 2.10. The number of benzene rings is 1. The summed E-state index contributed by atoms with van der Waals surface area (Å²) in [6, 6.07) is 6.35. The van der Waals surface area contributed by atoms with E-state index in [1.54, 1.807) is 31.2 Å². The highest BCUT2D eigenvalue weighted by Crippen LogP contribution is 2.26. The van der Waals surface area contributed by atoms with E-state index in [0.29, 0.717) is 11.3 Å². The smallest absolute Gasteiger partial charge is 0.340 e. The molecule has 1 atom stereocenters. The van der Waals surface area contributed by atoms with Crippen LogP contribution < -0.4 is 4.74 Å². The Morgan fingerprint density at radius 3 is 2.27 bits per heavy atom. The highest BCUT2D eigenvalue weighted by Gasteiger charge is 2.35. The fourth-order valence-electron chi connectivity index (χ4n) is 1.35. The Kier molecular flexibility index (Phi) is 3.31. The van der Waals surface area contributed by atoms with Crippen molar-refractivity contribution in [3.63, 3.8) is 0 Å². The summed E-state index contributed by atoms with van der Waals surface area (Å²) in [7, 11) is 1.53. The zero-order chi connectivity index (χ0) is 11.5. The largest absolute Gasteiger partial charge is 0.497 e. The van der Waals surface area contributed by atoms with Gasteiger partial charge in [0.15, 0.2) is 5.60 Å². The second kappa shape index (κ2) is 4.31. The molecule has 0 aliphatic rings. The summed E-state index contributed by atoms with van der Waals surface area (Å²) >= 11 is 0. The van der Waals surface area contributed by atoms with Gasteiger partial charge in [-0.3, -0.25) is 0 Å². The van der Waals surface area contributed by atoms with Crippen molar-refractivity contribution < 1.29 is 19.7 Å². The molecule has 0 heterocycles. The Morgan fingerprint density at radius 1 is 1.40 bits per heavy atom. The van der Waals surface area contributed by atoms with Gasteiger partial charge in [0.2, 0.25) is 0 Å². The van der Waals surface area contributed by atoms with E-state index in [2.05, 4.69) is 0 Å². The van der Waals surface area contributed by atoms with Crippen LogP contribution in [-0.2, 0) is 10.4 Å². The third-order valence-corrected chi connectivity index (χ3v) is 2.43. The van der Waals surface area contributed by atoms with Crippen LogP contribution in [0.3, 0.4) is 0 Å². The first-order valence-corrected chi connectivity index (χ1v) is 4.65. The summed E-state index contributed by atoms with van der Waals surface area (Å²) in [5, 5.41) is 18.8. The van der Waals surface area contributed by atoms with Gasteiger partial charge >= 0.3 is 5.97 Å². The van der Waals surface area contributed by atoms with Crippen molar-refractivity contribution in [2.45, 2.75) is 18.9 Å². The van der Waals surface area contributed by atoms with Crippen molar-refractivity contribution in [1.29, 1.82) is 0 Å². The van der Waals surface area contributed by atoms with Gasteiger partial charge in [-0.2, -0.15) is 0 Å². The number of ether oxygens (including phenoxy) is 1. The summed E-state index contributed by atoms with van der Waals surface area (Å²) in [4.78, 5) is 10.9. The van der Waals surface area contributed by atoms with E-state index in [0.717, 1.165) is 0 Å². The maximum Gasteiger partial charge on any atom is 0.340 e. The molecular formula is C11H14O4. The SMILES string of the molecule is CC[C@](O)(C(=O)O)c1ccc(OC)cc1. The fraction of sp³-hybridized carbons (Fsp3) is 0.364. The van der Waals surface area contributed by atoms with Gasteiger partial charge in [-0.05, 0) is 24.1 Å². The fourth-order valence-corrected chi connectivity index (χ4v) is 1.35. The van der Waals surface area contributed by atoms with Crippen LogP contribution >= 0.6 is 0 Å². The lowest BCUT2D eigenvalue weighted by Gasteiger charge is -2.22. The predicted octanol–water partition coefficient (Wildman–Crippen LogP) is 1.38. The molecule has 0 spiro atoms. The van der Waals surface area contributed by atoms with Crippen molar-refractivity contribution in [2.24, 2.45) is 0 Å². The van der Waals surface area contributed by atoms with Gasteiger partial charge in [-0.25, -0.2) is 4.79 Å². The van der Waals surface area contributed by atoms with Gasteiger partial charge in [0.05, 0.1) is 7.11 Å². The lowest BCUT2D eigenvalue weighted by molar-refractivity contribution is -0.160. The van der Waals surface area contributed by atoms with Crippen LogP contribution in [0.5, 0.6) is 5.75 Å². The van der Waals surface area contributed by atoms with E-state index in [1.807, 2.05) is 0 Å². The number of aliphatic carboxylic acids is 1. The second-order valence-electron chi connectivity index (χ2n) is 3.25. The van der Waals surface area contributed by atoms with Gasteiger partial charge in [0.1, 0.15) is 5.75 Å². The number of rotatable bonds is 4. The minimum Gasteiger partial charge on any atom is -0.497 e. The molecule has 0 saturated heterocycles. The zero-order valence-electron chi connectivity index (χ0n) is 8.73. The maximum absolute atomic E-state index is 10.9. The number of carboxylic acid groups (broad SMARTS) is 1. The molecule has 1 rings (SSSR count). The lowest BCUT2D eigenvalue weighted by atomic mass is 9.91. The highest BCUT2D eigenvalue weighted by molar-refractivity contribution is 5.79. The number of hydrogen-bond acceptors (Lipinski definition) is 3. The summed E-state index contributed by atoms with van der Waals surface area (Å²) < 4.78 is 4.95. The first-order chi connectivity index (χ1) is 7.04. The lowest BCUT2D eigenvalue weighted by Crippen LogP contribution is -2.34. The van der Waals surface area contributed by atoms with E-state index in [9.17, 15) is 9.90 Å². The monoisotopic (exact) mass is 210 g/mol. The normalized spacial score (nSPS) is 14.3. The van der Waals surface area contributed by atoms with Crippen LogP contribution in [0.25, 0.3) is 0 Å². The molecule has 0 saturated carbocycles. The standard InChI is InChI=1S/C11H14O4/c1-3-11(14,10(12)13)8-4-6-9(15-2)7-5-8/h4-7,14H,3H2,1-2H3,(H,12,13)/t11-/m1/s1. The average molecular weight is 210 g/mol. The summed E-state index contributed by atoms with van der Waals surface area (Å²) in [5.74, 6) is -0.613. The third-order valence-electron chi connectivity index (χ3n) is 2.43. The van der Waals surface area contributed by atoms with Gasteiger partial charge in [-0.1, -0.05) is 19.1 Å². The van der Waals surface area contributed by atoms with Gasteiger partial charge < -0.3 is 14.9 Å². The molecule has 0 unspecified atom stereocenters. The van der Waals surface area contributed by atoms with Crippen LogP contribution in [0.2, 0.25) is 0 Å². The quantitative estimate of drug-likeness (QED) is 0.787. The molecule has 2 N–H and O–H groups in total. The molecule has 4 nitrogen and oxygen atoms in total. The van der Waals surface area contributed by atoms with Crippen molar-refractivity contribution in [3.05, 3.63) is 29.8 Å². The Labute approximate surface area is 88.1 Å². The molecule has 82 valence electrons. The van der Waals surface area contributed by atoms with Gasteiger partial charge in [-0.15, -0.1) is 0 Å². The molecular weight excluding hydrogens is 196 g/mol. The van der Waals surface area contributed by atoms with E-state index in [1.165, 1.54) is 7.11 Å². The number of hydrogen-bond donors (Lipinski definition) is 2. The average Bonchev–Trinajstić information content (AvgIpc) is 2.28. The predicted molar refractivity (Wildman–Crippen MR) is 54.8 cm³/mol. The van der Waals surface area contributed by atoms with Crippen LogP contribution in [0.4, 0.5) is 0 Å². The Hall–Kier alpha value is -1.55. The van der Waals surface area contributed by atoms with Crippen molar-refractivity contribution in [1.82, 2.24) is 0 Å². The molecule has 15 heavy (non-hydrogen) atoms. The first kappa shape index (κ1) is 11.5. The van der Waals surface area contributed by atoms with Crippen molar-refractivity contribution in [3.8, 4) is 5.75 Å². The van der Waals surface area contributed by atoms with E-state index >= 15 is 0 Å². The molecule has 0 bridgehead atoms. The minimum atomic E-state index is -1.81. The van der Waals surface area contributed by atoms with Crippen molar-refractivity contribution in [2.75, 3.05) is 7.11 Å².